The number of amides is 1. The summed E-state index contributed by atoms with van der Waals surface area (Å²) in [6.45, 7) is 8.16. The molecule has 0 unspecified atom stereocenters. The maximum Gasteiger partial charge on any atom is 0.234 e. The van der Waals surface area contributed by atoms with Gasteiger partial charge in [-0.25, -0.2) is 0 Å². The number of aryl methyl sites for hydroxylation is 2. The van der Waals surface area contributed by atoms with E-state index in [1.165, 1.54) is 27.6 Å². The van der Waals surface area contributed by atoms with Crippen LogP contribution in [0.1, 0.15) is 22.4 Å². The molecule has 34 heavy (non-hydrogen) atoms. The van der Waals surface area contributed by atoms with Crippen LogP contribution < -0.4 is 5.32 Å². The van der Waals surface area contributed by atoms with Gasteiger partial charge in [-0.3, -0.25) is 14.7 Å². The lowest BCUT2D eigenvalue weighted by Gasteiger charge is -2.23. The van der Waals surface area contributed by atoms with Crippen molar-refractivity contribution in [1.29, 1.82) is 0 Å². The standard InChI is InChI=1S/C28H32N4O2/c1-19-20(2)31-27-6-4-22(13-26(19)27)14-30-28(33)17-32-9-10-34-18-23(16-32)11-21-3-5-24-7-8-29-15-25(24)12-21/h3-8,12-13,15,23,31H,9-11,14,16-18H2,1-2H3,(H,30,33)/t23-/m0/s1. The molecule has 1 atom stereocenters. The molecule has 1 aliphatic rings. The Bertz CT molecular complexity index is 1310. The molecular weight excluding hydrogens is 424 g/mol. The predicted octanol–water partition coefficient (Wildman–Crippen LogP) is 4.14. The second-order valence-corrected chi connectivity index (χ2v) is 9.47. The predicted molar refractivity (Wildman–Crippen MR) is 136 cm³/mol. The molecule has 0 aliphatic carbocycles. The van der Waals surface area contributed by atoms with Gasteiger partial charge in [0.25, 0.3) is 0 Å². The van der Waals surface area contributed by atoms with Crippen molar-refractivity contribution < 1.29 is 9.53 Å². The first-order valence-electron chi connectivity index (χ1n) is 12.0. The molecule has 6 heteroatoms. The number of carbonyl (C=O) groups is 1. The summed E-state index contributed by atoms with van der Waals surface area (Å²) in [6, 6.07) is 14.9. The van der Waals surface area contributed by atoms with Gasteiger partial charge in [0.1, 0.15) is 0 Å². The van der Waals surface area contributed by atoms with Crippen molar-refractivity contribution in [3.05, 3.63) is 77.2 Å². The Hall–Kier alpha value is -3.22. The highest BCUT2D eigenvalue weighted by Crippen LogP contribution is 2.22. The minimum Gasteiger partial charge on any atom is -0.380 e. The Morgan fingerprint density at radius 3 is 2.94 bits per heavy atom. The maximum absolute atomic E-state index is 12.7. The fraction of sp³-hybridized carbons (Fsp3) is 0.357. The van der Waals surface area contributed by atoms with Crippen molar-refractivity contribution in [3.8, 4) is 0 Å². The van der Waals surface area contributed by atoms with E-state index in [0.29, 0.717) is 25.6 Å². The third-order valence-corrected chi connectivity index (χ3v) is 6.88. The topological polar surface area (TPSA) is 70.2 Å². The van der Waals surface area contributed by atoms with Crippen molar-refractivity contribution >= 4 is 27.6 Å². The average Bonchev–Trinajstić information content (AvgIpc) is 2.98. The SMILES string of the molecule is Cc1[nH]c2ccc(CNC(=O)CN3CCOC[C@@H](Cc4ccc5ccncc5c4)C3)cc2c1C. The van der Waals surface area contributed by atoms with E-state index in [9.17, 15) is 4.79 Å². The Labute approximate surface area is 200 Å². The van der Waals surface area contributed by atoms with Crippen LogP contribution in [0, 0.1) is 19.8 Å². The molecule has 4 aromatic rings. The highest BCUT2D eigenvalue weighted by atomic mass is 16.5. The highest BCUT2D eigenvalue weighted by Gasteiger charge is 2.21. The summed E-state index contributed by atoms with van der Waals surface area (Å²) in [4.78, 5) is 22.6. The molecule has 1 amide bonds. The minimum absolute atomic E-state index is 0.0551. The van der Waals surface area contributed by atoms with Crippen LogP contribution in [0.5, 0.6) is 0 Å². The lowest BCUT2D eigenvalue weighted by molar-refractivity contribution is -0.122. The number of benzene rings is 2. The van der Waals surface area contributed by atoms with Crippen molar-refractivity contribution in [1.82, 2.24) is 20.2 Å². The first kappa shape index (κ1) is 22.6. The number of hydrogen-bond acceptors (Lipinski definition) is 4. The van der Waals surface area contributed by atoms with Crippen molar-refractivity contribution in [2.45, 2.75) is 26.8 Å². The van der Waals surface area contributed by atoms with Crippen LogP contribution in [0.25, 0.3) is 21.7 Å². The number of aromatic amines is 1. The monoisotopic (exact) mass is 456 g/mol. The van der Waals surface area contributed by atoms with Crippen LogP contribution in [0.4, 0.5) is 0 Å². The molecule has 176 valence electrons. The summed E-state index contributed by atoms with van der Waals surface area (Å²) in [6.07, 6.45) is 4.67. The van der Waals surface area contributed by atoms with Gasteiger partial charge in [0.05, 0.1) is 19.8 Å². The zero-order valence-corrected chi connectivity index (χ0v) is 19.9. The van der Waals surface area contributed by atoms with Gasteiger partial charge >= 0.3 is 0 Å². The van der Waals surface area contributed by atoms with Gasteiger partial charge in [-0.15, -0.1) is 0 Å². The van der Waals surface area contributed by atoms with Crippen LogP contribution in [0.15, 0.2) is 54.9 Å². The van der Waals surface area contributed by atoms with E-state index in [1.54, 1.807) is 0 Å². The van der Waals surface area contributed by atoms with E-state index in [1.807, 2.05) is 18.5 Å². The summed E-state index contributed by atoms with van der Waals surface area (Å²) in [7, 11) is 0. The molecule has 0 bridgehead atoms. The normalized spacial score (nSPS) is 17.2. The van der Waals surface area contributed by atoms with Gasteiger partial charge in [0.15, 0.2) is 0 Å². The van der Waals surface area contributed by atoms with Gasteiger partial charge in [0.2, 0.25) is 5.91 Å². The van der Waals surface area contributed by atoms with Crippen molar-refractivity contribution in [2.75, 3.05) is 32.8 Å². The molecule has 1 aliphatic heterocycles. The van der Waals surface area contributed by atoms with E-state index in [4.69, 9.17) is 4.74 Å². The molecule has 3 heterocycles. The Balaban J connectivity index is 1.17. The molecule has 5 rings (SSSR count). The molecule has 1 fully saturated rings. The molecule has 0 radical (unpaired) electrons. The Morgan fingerprint density at radius 1 is 1.15 bits per heavy atom. The Morgan fingerprint density at radius 2 is 2.03 bits per heavy atom. The van der Waals surface area contributed by atoms with Crippen LogP contribution >= 0.6 is 0 Å². The number of rotatable bonds is 6. The summed E-state index contributed by atoms with van der Waals surface area (Å²) in [5.74, 6) is 0.408. The average molecular weight is 457 g/mol. The lowest BCUT2D eigenvalue weighted by atomic mass is 9.98. The van der Waals surface area contributed by atoms with E-state index < -0.39 is 0 Å². The molecule has 6 nitrogen and oxygen atoms in total. The first-order chi connectivity index (χ1) is 16.5. The van der Waals surface area contributed by atoms with E-state index in [0.717, 1.165) is 42.6 Å². The molecule has 1 saturated heterocycles. The number of nitrogens with zero attached hydrogens (tertiary/aromatic N) is 2. The lowest BCUT2D eigenvalue weighted by Crippen LogP contribution is -2.40. The number of H-pyrrole nitrogens is 1. The van der Waals surface area contributed by atoms with Gasteiger partial charge in [-0.05, 0) is 72.5 Å². The molecule has 2 N–H and O–H groups in total. The van der Waals surface area contributed by atoms with Crippen molar-refractivity contribution in [2.24, 2.45) is 5.92 Å². The minimum atomic E-state index is 0.0551. The number of ether oxygens (including phenoxy) is 1. The van der Waals surface area contributed by atoms with Gasteiger partial charge in [-0.2, -0.15) is 0 Å². The molecule has 0 spiro atoms. The van der Waals surface area contributed by atoms with Crippen LogP contribution in [0.3, 0.4) is 0 Å². The molecule has 0 saturated carbocycles. The number of aromatic nitrogens is 2. The van der Waals surface area contributed by atoms with Gasteiger partial charge < -0.3 is 15.0 Å². The second kappa shape index (κ2) is 9.95. The smallest absolute Gasteiger partial charge is 0.234 e. The van der Waals surface area contributed by atoms with E-state index >= 15 is 0 Å². The second-order valence-electron chi connectivity index (χ2n) is 9.47. The summed E-state index contributed by atoms with van der Waals surface area (Å²) < 4.78 is 5.87. The van der Waals surface area contributed by atoms with Gasteiger partial charge in [-0.1, -0.05) is 18.2 Å². The fourth-order valence-electron chi connectivity index (χ4n) is 4.89. The third-order valence-electron chi connectivity index (χ3n) is 6.88. The third kappa shape index (κ3) is 5.13. The number of fused-ring (bicyclic) bond motifs is 2. The number of carbonyl (C=O) groups excluding carboxylic acids is 1. The summed E-state index contributed by atoms with van der Waals surface area (Å²) in [5, 5.41) is 6.69. The zero-order chi connectivity index (χ0) is 23.5. The Kier molecular flexibility index (Phi) is 6.61. The number of hydrogen-bond donors (Lipinski definition) is 2. The first-order valence-corrected chi connectivity index (χ1v) is 12.0. The number of pyridine rings is 1. The van der Waals surface area contributed by atoms with E-state index in [2.05, 4.69) is 70.4 Å². The van der Waals surface area contributed by atoms with Gasteiger partial charge in [0, 0.05) is 54.0 Å². The highest BCUT2D eigenvalue weighted by molar-refractivity contribution is 5.85. The van der Waals surface area contributed by atoms with Crippen LogP contribution in [0.2, 0.25) is 0 Å². The fourth-order valence-corrected chi connectivity index (χ4v) is 4.89. The quantitative estimate of drug-likeness (QED) is 0.458. The zero-order valence-electron chi connectivity index (χ0n) is 19.9. The van der Waals surface area contributed by atoms with Crippen LogP contribution in [-0.4, -0.2) is 53.6 Å². The molecule has 2 aromatic carbocycles. The van der Waals surface area contributed by atoms with Crippen molar-refractivity contribution in [3.63, 3.8) is 0 Å². The maximum atomic E-state index is 12.7. The molecular formula is C28H32N4O2. The summed E-state index contributed by atoms with van der Waals surface area (Å²) >= 11 is 0. The largest absolute Gasteiger partial charge is 0.380 e. The molecule has 2 aromatic heterocycles. The summed E-state index contributed by atoms with van der Waals surface area (Å²) in [5.41, 5.74) is 6.00. The number of nitrogens with one attached hydrogen (secondary N) is 2. The van der Waals surface area contributed by atoms with E-state index in [-0.39, 0.29) is 5.91 Å². The van der Waals surface area contributed by atoms with Crippen LogP contribution in [-0.2, 0) is 22.5 Å².